The summed E-state index contributed by atoms with van der Waals surface area (Å²) in [5.41, 5.74) is 2.08. The smallest absolute Gasteiger partial charge is 0.304 e. The summed E-state index contributed by atoms with van der Waals surface area (Å²) in [6, 6.07) is 18.0. The summed E-state index contributed by atoms with van der Waals surface area (Å²) in [6.45, 7) is 0. The summed E-state index contributed by atoms with van der Waals surface area (Å²) in [5, 5.41) is 8.31. The van der Waals surface area contributed by atoms with Gasteiger partial charge in [0, 0.05) is 11.7 Å². The fourth-order valence-electron chi connectivity index (χ4n) is 3.92. The van der Waals surface area contributed by atoms with Crippen LogP contribution in [0, 0.1) is 0 Å². The number of benzene rings is 2. The van der Waals surface area contributed by atoms with Crippen LogP contribution in [0.3, 0.4) is 0 Å². The van der Waals surface area contributed by atoms with Crippen LogP contribution in [0.5, 0.6) is 11.8 Å². The lowest BCUT2D eigenvalue weighted by molar-refractivity contribution is 0.442. The van der Waals surface area contributed by atoms with Crippen molar-refractivity contribution >= 4 is 16.7 Å². The maximum atomic E-state index is 12.5. The van der Waals surface area contributed by atoms with Crippen LogP contribution in [-0.2, 0) is 0 Å². The summed E-state index contributed by atoms with van der Waals surface area (Å²) >= 11 is 0. The lowest BCUT2D eigenvalue weighted by Crippen LogP contribution is -2.22. The number of hydrogen-bond acceptors (Lipinski definition) is 5. The zero-order valence-electron chi connectivity index (χ0n) is 16.5. The lowest BCUT2D eigenvalue weighted by Gasteiger charge is -2.23. The van der Waals surface area contributed by atoms with Crippen molar-refractivity contribution in [2.75, 3.05) is 5.32 Å². The molecule has 2 heterocycles. The van der Waals surface area contributed by atoms with Crippen molar-refractivity contribution < 1.29 is 4.74 Å². The van der Waals surface area contributed by atoms with E-state index in [1.165, 1.54) is 38.3 Å². The van der Waals surface area contributed by atoms with E-state index in [0.717, 1.165) is 11.4 Å². The minimum atomic E-state index is -0.284. The average molecular weight is 401 g/mol. The molecule has 1 aliphatic carbocycles. The minimum absolute atomic E-state index is 0.137. The summed E-state index contributed by atoms with van der Waals surface area (Å²) in [4.78, 5) is 19.6. The Hall–Kier alpha value is -3.61. The number of anilines is 1. The molecule has 2 aromatic heterocycles. The molecule has 0 bridgehead atoms. The van der Waals surface area contributed by atoms with Gasteiger partial charge in [-0.2, -0.15) is 10.1 Å². The second-order valence-electron chi connectivity index (χ2n) is 7.61. The van der Waals surface area contributed by atoms with Crippen LogP contribution in [0.15, 0.2) is 65.6 Å². The van der Waals surface area contributed by atoms with Crippen LogP contribution in [0.25, 0.3) is 16.7 Å². The van der Waals surface area contributed by atoms with E-state index in [2.05, 4.69) is 20.4 Å². The van der Waals surface area contributed by atoms with Crippen LogP contribution in [-0.4, -0.2) is 25.8 Å². The number of hydrogen-bond donors (Lipinski definition) is 2. The van der Waals surface area contributed by atoms with E-state index < -0.39 is 0 Å². The van der Waals surface area contributed by atoms with Crippen molar-refractivity contribution in [2.24, 2.45) is 0 Å². The quantitative estimate of drug-likeness (QED) is 0.509. The first-order chi connectivity index (χ1) is 14.8. The Morgan fingerprint density at radius 2 is 1.77 bits per heavy atom. The third kappa shape index (κ3) is 3.78. The van der Waals surface area contributed by atoms with Crippen molar-refractivity contribution in [3.8, 4) is 17.4 Å². The predicted octanol–water partition coefficient (Wildman–Crippen LogP) is 4.65. The Labute approximate surface area is 173 Å². The molecule has 0 radical (unpaired) electrons. The van der Waals surface area contributed by atoms with Crippen LogP contribution in [0.1, 0.15) is 32.1 Å². The Morgan fingerprint density at radius 3 is 2.53 bits per heavy atom. The Balaban J connectivity index is 1.38. The molecule has 7 heteroatoms. The molecule has 1 aliphatic rings. The van der Waals surface area contributed by atoms with Crippen LogP contribution in [0.4, 0.5) is 5.69 Å². The van der Waals surface area contributed by atoms with Gasteiger partial charge in [0.1, 0.15) is 11.1 Å². The molecule has 5 rings (SSSR count). The molecular formula is C23H23N5O2. The third-order valence-electron chi connectivity index (χ3n) is 5.46. The van der Waals surface area contributed by atoms with Gasteiger partial charge in [0.15, 0.2) is 5.65 Å². The van der Waals surface area contributed by atoms with Gasteiger partial charge >= 0.3 is 6.01 Å². The molecule has 2 N–H and O–H groups in total. The molecule has 152 valence electrons. The van der Waals surface area contributed by atoms with E-state index in [9.17, 15) is 4.79 Å². The van der Waals surface area contributed by atoms with Gasteiger partial charge in [0.05, 0.1) is 11.9 Å². The van der Waals surface area contributed by atoms with E-state index in [4.69, 9.17) is 4.74 Å². The summed E-state index contributed by atoms with van der Waals surface area (Å²) in [6.07, 6.45) is 7.88. The number of nitrogens with zero attached hydrogens (tertiary/aromatic N) is 3. The highest BCUT2D eigenvalue weighted by Gasteiger charge is 2.14. The molecule has 30 heavy (non-hydrogen) atoms. The van der Waals surface area contributed by atoms with E-state index in [-0.39, 0.29) is 11.6 Å². The number of aromatic nitrogens is 4. The molecule has 0 unspecified atom stereocenters. The predicted molar refractivity (Wildman–Crippen MR) is 116 cm³/mol. The lowest BCUT2D eigenvalue weighted by atomic mass is 9.95. The maximum absolute atomic E-state index is 12.5. The van der Waals surface area contributed by atoms with Gasteiger partial charge in [-0.25, -0.2) is 4.68 Å². The van der Waals surface area contributed by atoms with Gasteiger partial charge < -0.3 is 10.1 Å². The second kappa shape index (κ2) is 8.02. The summed E-state index contributed by atoms with van der Waals surface area (Å²) in [7, 11) is 0. The number of para-hydroxylation sites is 1. The topological polar surface area (TPSA) is 84.8 Å². The SMILES string of the molecule is O=c1[nH]c(Oc2ccc(NC3CCCCC3)cc2)nc2c1cnn2-c1ccccc1. The minimum Gasteiger partial charge on any atom is -0.426 e. The van der Waals surface area contributed by atoms with Crippen molar-refractivity contribution in [3.63, 3.8) is 0 Å². The monoisotopic (exact) mass is 401 g/mol. The largest absolute Gasteiger partial charge is 0.426 e. The first-order valence-corrected chi connectivity index (χ1v) is 10.3. The average Bonchev–Trinajstić information content (AvgIpc) is 3.21. The number of aromatic amines is 1. The fraction of sp³-hybridized carbons (Fsp3) is 0.261. The standard InChI is InChI=1S/C23H23N5O2/c29-22-20-15-24-28(18-9-5-2-6-10-18)21(20)26-23(27-22)30-19-13-11-17(12-14-19)25-16-7-3-1-4-8-16/h2,5-6,9-16,25H,1,3-4,7-8H2,(H,26,27,29). The first-order valence-electron chi connectivity index (χ1n) is 10.3. The molecule has 0 saturated heterocycles. The van der Waals surface area contributed by atoms with Crippen molar-refractivity contribution in [1.29, 1.82) is 0 Å². The Bertz CT molecular complexity index is 1190. The van der Waals surface area contributed by atoms with E-state index in [0.29, 0.717) is 22.8 Å². The van der Waals surface area contributed by atoms with E-state index >= 15 is 0 Å². The van der Waals surface area contributed by atoms with Gasteiger partial charge in [-0.1, -0.05) is 37.5 Å². The highest BCUT2D eigenvalue weighted by molar-refractivity contribution is 5.75. The van der Waals surface area contributed by atoms with Gasteiger partial charge in [-0.3, -0.25) is 9.78 Å². The van der Waals surface area contributed by atoms with Gasteiger partial charge in [-0.05, 0) is 49.2 Å². The molecular weight excluding hydrogens is 378 g/mol. The molecule has 4 aromatic rings. The number of H-pyrrole nitrogens is 1. The summed E-state index contributed by atoms with van der Waals surface area (Å²) < 4.78 is 7.47. The molecule has 2 aromatic carbocycles. The molecule has 0 atom stereocenters. The highest BCUT2D eigenvalue weighted by atomic mass is 16.5. The number of ether oxygens (including phenoxy) is 1. The van der Waals surface area contributed by atoms with E-state index in [1.54, 1.807) is 4.68 Å². The molecule has 0 spiro atoms. The summed E-state index contributed by atoms with van der Waals surface area (Å²) in [5.74, 6) is 0.609. The third-order valence-corrected chi connectivity index (χ3v) is 5.46. The van der Waals surface area contributed by atoms with Gasteiger partial charge in [0.25, 0.3) is 5.56 Å². The van der Waals surface area contributed by atoms with Crippen LogP contribution in [0.2, 0.25) is 0 Å². The van der Waals surface area contributed by atoms with Crippen molar-refractivity contribution in [3.05, 3.63) is 71.1 Å². The Kier molecular flexibility index (Phi) is 4.93. The van der Waals surface area contributed by atoms with Gasteiger partial charge in [-0.15, -0.1) is 0 Å². The first kappa shape index (κ1) is 18.4. The highest BCUT2D eigenvalue weighted by Crippen LogP contribution is 2.25. The molecule has 0 amide bonds. The molecule has 7 nitrogen and oxygen atoms in total. The Morgan fingerprint density at radius 1 is 1.00 bits per heavy atom. The molecule has 1 fully saturated rings. The maximum Gasteiger partial charge on any atom is 0.304 e. The zero-order chi connectivity index (χ0) is 20.3. The molecule has 1 saturated carbocycles. The van der Waals surface area contributed by atoms with Crippen molar-refractivity contribution in [1.82, 2.24) is 19.7 Å². The number of fused-ring (bicyclic) bond motifs is 1. The van der Waals surface area contributed by atoms with Crippen LogP contribution < -0.4 is 15.6 Å². The van der Waals surface area contributed by atoms with Gasteiger partial charge in [0.2, 0.25) is 0 Å². The number of nitrogens with one attached hydrogen (secondary N) is 2. The second-order valence-corrected chi connectivity index (χ2v) is 7.61. The van der Waals surface area contributed by atoms with Crippen molar-refractivity contribution in [2.45, 2.75) is 38.1 Å². The molecule has 0 aliphatic heterocycles. The number of rotatable bonds is 5. The normalized spacial score (nSPS) is 14.7. The van der Waals surface area contributed by atoms with E-state index in [1.807, 2.05) is 54.6 Å². The zero-order valence-corrected chi connectivity index (χ0v) is 16.5. The van der Waals surface area contributed by atoms with Crippen LogP contribution >= 0.6 is 0 Å². The fourth-order valence-corrected chi connectivity index (χ4v) is 3.92.